The maximum Gasteiger partial charge on any atom is 0.181 e. The van der Waals surface area contributed by atoms with Gasteiger partial charge in [-0.25, -0.2) is 4.98 Å². The van der Waals surface area contributed by atoms with Crippen LogP contribution in [0.5, 0.6) is 0 Å². The number of halogens is 1. The number of aromatic nitrogens is 4. The number of nitrogens with one attached hydrogen (secondary N) is 2. The molecule has 0 saturated heterocycles. The summed E-state index contributed by atoms with van der Waals surface area (Å²) in [5.74, 6) is 1.45. The van der Waals surface area contributed by atoms with Gasteiger partial charge in [-0.1, -0.05) is 41.9 Å². The Morgan fingerprint density at radius 2 is 2.14 bits per heavy atom. The zero-order chi connectivity index (χ0) is 15.4. The molecule has 0 fully saturated rings. The van der Waals surface area contributed by atoms with Crippen LogP contribution < -0.4 is 5.32 Å². The van der Waals surface area contributed by atoms with Gasteiger partial charge in [0.05, 0.1) is 0 Å². The third-order valence-corrected chi connectivity index (χ3v) is 4.15. The molecule has 0 aliphatic carbocycles. The van der Waals surface area contributed by atoms with E-state index < -0.39 is 0 Å². The minimum atomic E-state index is 0.237. The fourth-order valence-electron chi connectivity index (χ4n) is 1.91. The molecule has 0 radical (unpaired) electrons. The van der Waals surface area contributed by atoms with E-state index in [4.69, 9.17) is 16.9 Å². The summed E-state index contributed by atoms with van der Waals surface area (Å²) in [6, 6.07) is 11.8. The van der Waals surface area contributed by atoms with Crippen molar-refractivity contribution in [1.29, 1.82) is 5.26 Å². The highest BCUT2D eigenvalue weighted by molar-refractivity contribution is 7.10. The van der Waals surface area contributed by atoms with Gasteiger partial charge in [-0.05, 0) is 11.5 Å². The van der Waals surface area contributed by atoms with Crippen LogP contribution in [0.4, 0.5) is 5.00 Å². The maximum absolute atomic E-state index is 9.00. The molecule has 110 valence electrons. The van der Waals surface area contributed by atoms with E-state index >= 15 is 0 Å². The van der Waals surface area contributed by atoms with Crippen molar-refractivity contribution in [3.63, 3.8) is 0 Å². The van der Waals surface area contributed by atoms with E-state index in [0.29, 0.717) is 29.4 Å². The summed E-state index contributed by atoms with van der Waals surface area (Å²) in [7, 11) is 0. The molecule has 0 amide bonds. The largest absolute Gasteiger partial charge is 0.374 e. The third-order valence-electron chi connectivity index (χ3n) is 2.97. The van der Waals surface area contributed by atoms with Crippen LogP contribution >= 0.6 is 23.1 Å². The highest BCUT2D eigenvalue weighted by Crippen LogP contribution is 2.27. The molecule has 6 nitrogen and oxygen atoms in total. The van der Waals surface area contributed by atoms with Crippen LogP contribution in [0.25, 0.3) is 11.4 Å². The number of aromatic amines is 1. The first kappa shape index (κ1) is 14.5. The highest BCUT2D eigenvalue weighted by atomic mass is 35.5. The number of benzene rings is 1. The number of hydrogen-bond donors (Lipinski definition) is 2. The van der Waals surface area contributed by atoms with E-state index in [1.54, 1.807) is 0 Å². The lowest BCUT2D eigenvalue weighted by molar-refractivity contribution is 0.903. The Bertz CT molecular complexity index is 804. The van der Waals surface area contributed by atoms with Crippen LogP contribution in [-0.4, -0.2) is 26.1 Å². The molecule has 0 atom stereocenters. The van der Waals surface area contributed by atoms with E-state index in [9.17, 15) is 0 Å². The van der Waals surface area contributed by atoms with Crippen molar-refractivity contribution >= 4 is 28.1 Å². The molecule has 2 heterocycles. The molecular formula is C14H11ClN6S. The van der Waals surface area contributed by atoms with Crippen LogP contribution in [0.15, 0.2) is 30.3 Å². The van der Waals surface area contributed by atoms with Crippen LogP contribution in [0.2, 0.25) is 5.15 Å². The minimum absolute atomic E-state index is 0.237. The summed E-state index contributed by atoms with van der Waals surface area (Å²) in [5.41, 5.74) is 1.35. The summed E-state index contributed by atoms with van der Waals surface area (Å²) in [4.78, 5) is 4.45. The van der Waals surface area contributed by atoms with Crippen LogP contribution in [-0.2, 0) is 6.42 Å². The average Bonchev–Trinajstić information content (AvgIpc) is 3.15. The second kappa shape index (κ2) is 6.56. The van der Waals surface area contributed by atoms with Crippen molar-refractivity contribution < 1.29 is 0 Å². The van der Waals surface area contributed by atoms with Crippen molar-refractivity contribution in [2.24, 2.45) is 0 Å². The van der Waals surface area contributed by atoms with Gasteiger partial charge in [0, 0.05) is 18.5 Å². The van der Waals surface area contributed by atoms with Gasteiger partial charge in [0.25, 0.3) is 0 Å². The number of anilines is 1. The lowest BCUT2D eigenvalue weighted by Gasteiger charge is -2.01. The highest BCUT2D eigenvalue weighted by Gasteiger charge is 2.11. The summed E-state index contributed by atoms with van der Waals surface area (Å²) in [6.45, 7) is 0.608. The SMILES string of the molecule is N#Cc1c(Cl)nsc1NCCc1nc(-c2ccccc2)n[nH]1. The summed E-state index contributed by atoms with van der Waals surface area (Å²) in [5, 5.41) is 20.2. The number of nitriles is 1. The van der Waals surface area contributed by atoms with E-state index in [1.165, 1.54) is 11.5 Å². The number of H-pyrrole nitrogens is 1. The normalized spacial score (nSPS) is 10.4. The number of hydrogen-bond acceptors (Lipinski definition) is 6. The Balaban J connectivity index is 1.61. The van der Waals surface area contributed by atoms with Crippen LogP contribution in [0, 0.1) is 11.3 Å². The van der Waals surface area contributed by atoms with Gasteiger partial charge >= 0.3 is 0 Å². The molecule has 0 spiro atoms. The van der Waals surface area contributed by atoms with Gasteiger partial charge in [-0.3, -0.25) is 5.10 Å². The molecule has 22 heavy (non-hydrogen) atoms. The van der Waals surface area contributed by atoms with Gasteiger partial charge in [-0.15, -0.1) is 0 Å². The van der Waals surface area contributed by atoms with Gasteiger partial charge in [-0.2, -0.15) is 14.7 Å². The summed E-state index contributed by atoms with van der Waals surface area (Å²) >= 11 is 7.00. The molecule has 0 aliphatic heterocycles. The standard InChI is InChI=1S/C14H11ClN6S/c15-12-10(8-16)14(22-21-12)17-7-6-11-18-13(20-19-11)9-4-2-1-3-5-9/h1-5,17H,6-7H2,(H,18,19,20). The fraction of sp³-hybridized carbons (Fsp3) is 0.143. The number of rotatable bonds is 5. The Hall–Kier alpha value is -2.43. The molecule has 8 heteroatoms. The van der Waals surface area contributed by atoms with Crippen molar-refractivity contribution in [2.45, 2.75) is 6.42 Å². The smallest absolute Gasteiger partial charge is 0.181 e. The zero-order valence-corrected chi connectivity index (χ0v) is 12.9. The van der Waals surface area contributed by atoms with Gasteiger partial charge in [0.15, 0.2) is 11.0 Å². The summed E-state index contributed by atoms with van der Waals surface area (Å²) in [6.07, 6.45) is 0.653. The first-order chi connectivity index (χ1) is 10.8. The van der Waals surface area contributed by atoms with Gasteiger partial charge in [0.2, 0.25) is 0 Å². The molecule has 1 aromatic carbocycles. The Morgan fingerprint density at radius 3 is 2.91 bits per heavy atom. The second-order valence-electron chi connectivity index (χ2n) is 4.44. The summed E-state index contributed by atoms with van der Waals surface area (Å²) < 4.78 is 3.94. The number of nitrogens with zero attached hydrogens (tertiary/aromatic N) is 4. The van der Waals surface area contributed by atoms with Gasteiger partial charge < -0.3 is 5.32 Å². The zero-order valence-electron chi connectivity index (χ0n) is 11.4. The fourth-order valence-corrected chi connectivity index (χ4v) is 2.87. The van der Waals surface area contributed by atoms with E-state index in [0.717, 1.165) is 11.4 Å². The quantitative estimate of drug-likeness (QED) is 0.750. The maximum atomic E-state index is 9.00. The van der Waals surface area contributed by atoms with E-state index in [1.807, 2.05) is 36.4 Å². The van der Waals surface area contributed by atoms with Crippen LogP contribution in [0.3, 0.4) is 0 Å². The van der Waals surface area contributed by atoms with Crippen molar-refractivity contribution in [3.8, 4) is 17.5 Å². The molecule has 3 aromatic rings. The molecule has 3 rings (SSSR count). The minimum Gasteiger partial charge on any atom is -0.374 e. The van der Waals surface area contributed by atoms with Crippen molar-refractivity contribution in [2.75, 3.05) is 11.9 Å². The molecule has 0 bridgehead atoms. The lowest BCUT2D eigenvalue weighted by Crippen LogP contribution is -2.05. The molecule has 0 aliphatic rings. The van der Waals surface area contributed by atoms with E-state index in [2.05, 4.69) is 24.9 Å². The Labute approximate surface area is 136 Å². The Kier molecular flexibility index (Phi) is 4.32. The van der Waals surface area contributed by atoms with Crippen molar-refractivity contribution in [1.82, 2.24) is 19.6 Å². The van der Waals surface area contributed by atoms with E-state index in [-0.39, 0.29) is 5.15 Å². The molecule has 2 N–H and O–H groups in total. The monoisotopic (exact) mass is 330 g/mol. The van der Waals surface area contributed by atoms with Gasteiger partial charge in [0.1, 0.15) is 22.5 Å². The predicted octanol–water partition coefficient (Wildman–Crippen LogP) is 3.11. The first-order valence-corrected chi connectivity index (χ1v) is 7.69. The molecular weight excluding hydrogens is 320 g/mol. The predicted molar refractivity (Wildman–Crippen MR) is 85.9 cm³/mol. The Morgan fingerprint density at radius 1 is 1.32 bits per heavy atom. The topological polar surface area (TPSA) is 90.3 Å². The first-order valence-electron chi connectivity index (χ1n) is 6.54. The lowest BCUT2D eigenvalue weighted by atomic mass is 10.2. The van der Waals surface area contributed by atoms with Crippen molar-refractivity contribution in [3.05, 3.63) is 46.9 Å². The molecule has 2 aromatic heterocycles. The third kappa shape index (κ3) is 3.08. The average molecular weight is 331 g/mol. The van der Waals surface area contributed by atoms with Crippen LogP contribution in [0.1, 0.15) is 11.4 Å². The molecule has 0 unspecified atom stereocenters. The second-order valence-corrected chi connectivity index (χ2v) is 5.57. The molecule has 0 saturated carbocycles.